The molecule has 0 atom stereocenters. The highest BCUT2D eigenvalue weighted by Crippen LogP contribution is 2.31. The van der Waals surface area contributed by atoms with Gasteiger partial charge in [0.25, 0.3) is 0 Å². The quantitative estimate of drug-likeness (QED) is 0.269. The molecule has 40 heavy (non-hydrogen) atoms. The largest absolute Gasteiger partial charge is 0.453 e. The first-order chi connectivity index (χ1) is 19.5. The summed E-state index contributed by atoms with van der Waals surface area (Å²) in [4.78, 5) is 45.0. The number of alkyl carbamates (subject to hydrolysis) is 1. The summed E-state index contributed by atoms with van der Waals surface area (Å²) in [7, 11) is 1.27. The van der Waals surface area contributed by atoms with Gasteiger partial charge in [-0.05, 0) is 24.0 Å². The number of H-pyrrole nitrogens is 2. The Kier molecular flexibility index (Phi) is 10.1. The lowest BCUT2D eigenvalue weighted by atomic mass is 10.1. The molecule has 11 nitrogen and oxygen atoms in total. The van der Waals surface area contributed by atoms with E-state index in [1.807, 2.05) is 16.8 Å². The van der Waals surface area contributed by atoms with Crippen LogP contribution in [0.1, 0.15) is 33.1 Å². The maximum atomic E-state index is 11.3. The fourth-order valence-electron chi connectivity index (χ4n) is 3.97. The fraction of sp³-hybridized carbons (Fsp3) is 0.321. The Bertz CT molecular complexity index is 1440. The number of thiazole rings is 1. The van der Waals surface area contributed by atoms with Gasteiger partial charge < -0.3 is 24.9 Å². The number of nitrogens with one attached hydrogen (secondary N) is 3. The molecular formula is C28H34N8O3S. The van der Waals surface area contributed by atoms with Crippen LogP contribution in [0.2, 0.25) is 0 Å². The zero-order chi connectivity index (χ0) is 28.3. The van der Waals surface area contributed by atoms with Crippen LogP contribution in [0.25, 0.3) is 38.2 Å². The van der Waals surface area contributed by atoms with E-state index in [1.54, 1.807) is 35.0 Å². The summed E-state index contributed by atoms with van der Waals surface area (Å²) in [5.74, 6) is 0.749. The number of fused-ring (bicyclic) bond motifs is 1. The zero-order valence-corrected chi connectivity index (χ0v) is 23.7. The maximum Gasteiger partial charge on any atom is 0.407 e. The molecule has 12 heteroatoms. The van der Waals surface area contributed by atoms with Gasteiger partial charge in [0.05, 0.1) is 30.2 Å². The Labute approximate surface area is 236 Å². The molecule has 0 bridgehead atoms. The summed E-state index contributed by atoms with van der Waals surface area (Å²) in [6.07, 6.45) is 13.9. The van der Waals surface area contributed by atoms with E-state index >= 15 is 0 Å². The van der Waals surface area contributed by atoms with Gasteiger partial charge in [-0.25, -0.2) is 19.7 Å². The van der Waals surface area contributed by atoms with Crippen LogP contribution < -0.4 is 5.32 Å². The number of imidazole rings is 3. The molecule has 1 fully saturated rings. The van der Waals surface area contributed by atoms with E-state index in [0.717, 1.165) is 53.7 Å². The molecule has 0 unspecified atom stereocenters. The van der Waals surface area contributed by atoms with E-state index < -0.39 is 6.09 Å². The van der Waals surface area contributed by atoms with Crippen molar-refractivity contribution in [1.29, 1.82) is 0 Å². The van der Waals surface area contributed by atoms with Crippen LogP contribution in [0, 0.1) is 0 Å². The van der Waals surface area contributed by atoms with Crippen LogP contribution in [0.15, 0.2) is 61.6 Å². The van der Waals surface area contributed by atoms with Gasteiger partial charge in [0, 0.05) is 37.9 Å². The molecule has 1 aromatic carbocycles. The van der Waals surface area contributed by atoms with E-state index in [1.165, 1.54) is 24.0 Å². The van der Waals surface area contributed by atoms with Crippen molar-refractivity contribution in [3.8, 4) is 33.2 Å². The fourth-order valence-corrected chi connectivity index (χ4v) is 4.95. The summed E-state index contributed by atoms with van der Waals surface area (Å²) >= 11 is 1.66. The normalized spacial score (nSPS) is 12.3. The molecule has 1 aliphatic heterocycles. The third-order valence-corrected chi connectivity index (χ3v) is 6.95. The highest BCUT2D eigenvalue weighted by atomic mass is 32.1. The van der Waals surface area contributed by atoms with Crippen molar-refractivity contribution in [2.75, 3.05) is 26.7 Å². The van der Waals surface area contributed by atoms with Gasteiger partial charge in [0.1, 0.15) is 12.2 Å². The number of likely N-dealkylation sites (tertiary alicyclic amines) is 1. The molecule has 0 spiro atoms. The van der Waals surface area contributed by atoms with Crippen molar-refractivity contribution >= 4 is 28.3 Å². The first-order valence-corrected chi connectivity index (χ1v) is 14.0. The van der Waals surface area contributed by atoms with Gasteiger partial charge in [-0.1, -0.05) is 55.9 Å². The summed E-state index contributed by atoms with van der Waals surface area (Å²) in [6.45, 7) is 5.90. The smallest absolute Gasteiger partial charge is 0.407 e. The molecule has 1 saturated heterocycles. The van der Waals surface area contributed by atoms with Crippen LogP contribution in [0.4, 0.5) is 4.79 Å². The lowest BCUT2D eigenvalue weighted by molar-refractivity contribution is -0.129. The average Bonchev–Trinajstić information content (AvgIpc) is 3.80. The topological polar surface area (TPSA) is 133 Å². The summed E-state index contributed by atoms with van der Waals surface area (Å²) in [5, 5.41) is 2.36. The Morgan fingerprint density at radius 2 is 1.80 bits per heavy atom. The minimum absolute atomic E-state index is 0.0344. The van der Waals surface area contributed by atoms with Gasteiger partial charge in [-0.15, -0.1) is 0 Å². The predicted octanol–water partition coefficient (Wildman–Crippen LogP) is 5.22. The molecule has 5 heterocycles. The monoisotopic (exact) mass is 562 g/mol. The molecule has 4 aromatic heterocycles. The van der Waals surface area contributed by atoms with Crippen LogP contribution in [-0.4, -0.2) is 73.0 Å². The Hall–Kier alpha value is -4.45. The number of carbonyl (C=O) groups is 2. The molecule has 3 N–H and O–H groups in total. The third kappa shape index (κ3) is 7.35. The molecule has 2 amide bonds. The number of ether oxygens (including phenoxy) is 1. The van der Waals surface area contributed by atoms with Gasteiger partial charge in [0.15, 0.2) is 10.8 Å². The maximum absolute atomic E-state index is 11.3. The number of amides is 2. The van der Waals surface area contributed by atoms with Crippen molar-refractivity contribution in [3.05, 3.63) is 61.6 Å². The van der Waals surface area contributed by atoms with Crippen molar-refractivity contribution in [2.45, 2.75) is 33.1 Å². The number of rotatable bonds is 5. The third-order valence-electron chi connectivity index (χ3n) is 5.90. The average molecular weight is 563 g/mol. The van der Waals surface area contributed by atoms with Crippen LogP contribution in [0.3, 0.4) is 0 Å². The Morgan fingerprint density at radius 3 is 2.40 bits per heavy atom. The zero-order valence-electron chi connectivity index (χ0n) is 22.9. The second-order valence-corrected chi connectivity index (χ2v) is 10.0. The molecule has 0 radical (unpaired) electrons. The molecule has 210 valence electrons. The minimum atomic E-state index is -0.562. The molecule has 1 aliphatic rings. The van der Waals surface area contributed by atoms with Crippen molar-refractivity contribution in [1.82, 2.24) is 39.5 Å². The Morgan fingerprint density at radius 1 is 1.07 bits per heavy atom. The molecular weight excluding hydrogens is 528 g/mol. The Balaban J connectivity index is 0.000000197. The summed E-state index contributed by atoms with van der Waals surface area (Å²) < 4.78 is 6.38. The number of hydrogen-bond acceptors (Lipinski definition) is 7. The number of hydrogen-bond donors (Lipinski definition) is 3. The van der Waals surface area contributed by atoms with Gasteiger partial charge in [-0.2, -0.15) is 0 Å². The van der Waals surface area contributed by atoms with E-state index in [9.17, 15) is 9.59 Å². The summed E-state index contributed by atoms with van der Waals surface area (Å²) in [6, 6.07) is 8.43. The molecule has 0 aliphatic carbocycles. The van der Waals surface area contributed by atoms with Crippen LogP contribution >= 0.6 is 11.3 Å². The number of aromatic nitrogens is 6. The van der Waals surface area contributed by atoms with Gasteiger partial charge in [0.2, 0.25) is 5.91 Å². The van der Waals surface area contributed by atoms with Crippen molar-refractivity contribution in [2.24, 2.45) is 0 Å². The SMILES string of the molecule is CCC.COC(=O)NCC(=O)N1CCCC1.c1c[nH]c(-c2cn3cc(-c4ccc(-c5cnc[nH]5)cc4)sc3n2)n1. The molecule has 0 saturated carbocycles. The second-order valence-electron chi connectivity index (χ2n) is 9.03. The minimum Gasteiger partial charge on any atom is -0.453 e. The van der Waals surface area contributed by atoms with Crippen molar-refractivity contribution in [3.63, 3.8) is 0 Å². The second kappa shape index (κ2) is 14.1. The van der Waals surface area contributed by atoms with E-state index in [2.05, 4.69) is 79.3 Å². The number of carbonyl (C=O) groups excluding carboxylic acids is 2. The number of benzene rings is 1. The highest BCUT2D eigenvalue weighted by molar-refractivity contribution is 7.20. The van der Waals surface area contributed by atoms with Crippen LogP contribution in [0.5, 0.6) is 0 Å². The van der Waals surface area contributed by atoms with E-state index in [-0.39, 0.29) is 12.5 Å². The number of aromatic amines is 2. The van der Waals surface area contributed by atoms with E-state index in [4.69, 9.17) is 0 Å². The first kappa shape index (κ1) is 28.6. The molecule has 5 aromatic rings. The predicted molar refractivity (Wildman–Crippen MR) is 156 cm³/mol. The lowest BCUT2D eigenvalue weighted by Gasteiger charge is -2.14. The van der Waals surface area contributed by atoms with Crippen molar-refractivity contribution < 1.29 is 14.3 Å². The van der Waals surface area contributed by atoms with Gasteiger partial charge >= 0.3 is 6.09 Å². The number of methoxy groups -OCH3 is 1. The number of nitrogens with zero attached hydrogens (tertiary/aromatic N) is 5. The van der Waals surface area contributed by atoms with Crippen LogP contribution in [-0.2, 0) is 9.53 Å². The standard InChI is InChI=1S/C17H12N6S.C8H14N2O3.C3H8/c1-3-12(4-2-11(1)13-7-18-10-21-13)15-9-23-8-14(22-17(23)24-15)16-19-5-6-20-16;1-13-8(12)9-6-7(11)10-4-2-3-5-10;1-3-2/h1-10H,(H,18,21)(H,19,20);2-6H2,1H3,(H,9,12);3H2,1-2H3. The molecule has 6 rings (SSSR count). The van der Waals surface area contributed by atoms with Gasteiger partial charge in [-0.3, -0.25) is 9.20 Å². The van der Waals surface area contributed by atoms with E-state index in [0.29, 0.717) is 0 Å². The highest BCUT2D eigenvalue weighted by Gasteiger charge is 2.18. The first-order valence-electron chi connectivity index (χ1n) is 13.2. The summed E-state index contributed by atoms with van der Waals surface area (Å²) in [5.41, 5.74) is 4.17. The lowest BCUT2D eigenvalue weighted by Crippen LogP contribution is -2.38.